The second kappa shape index (κ2) is 11.2. The predicted octanol–water partition coefficient (Wildman–Crippen LogP) is 3.82. The lowest BCUT2D eigenvalue weighted by molar-refractivity contribution is 0.0391. The Morgan fingerprint density at radius 2 is 1.97 bits per heavy atom. The van der Waals surface area contributed by atoms with Gasteiger partial charge in [0.05, 0.1) is 28.3 Å². The summed E-state index contributed by atoms with van der Waals surface area (Å²) in [5.41, 5.74) is 1.29. The van der Waals surface area contributed by atoms with Gasteiger partial charge in [0.25, 0.3) is 5.91 Å². The molecule has 0 bridgehead atoms. The Hall–Kier alpha value is -1.69. The molecule has 0 atom stereocenters. The first-order chi connectivity index (χ1) is 15.3. The van der Waals surface area contributed by atoms with Gasteiger partial charge in [-0.25, -0.2) is 13.4 Å². The number of thiazole rings is 1. The highest BCUT2D eigenvalue weighted by molar-refractivity contribution is 7.98. The predicted molar refractivity (Wildman–Crippen MR) is 137 cm³/mol. The van der Waals surface area contributed by atoms with Gasteiger partial charge in [0.1, 0.15) is 0 Å². The van der Waals surface area contributed by atoms with Crippen molar-refractivity contribution in [1.82, 2.24) is 9.88 Å². The number of thioether (sulfide) groups is 1. The fourth-order valence-corrected chi connectivity index (χ4v) is 5.71. The summed E-state index contributed by atoms with van der Waals surface area (Å²) in [5, 5.41) is 0.568. The minimum atomic E-state index is -3.32. The second-order valence-corrected chi connectivity index (χ2v) is 11.4. The molecule has 1 saturated heterocycles. The number of sulfone groups is 1. The van der Waals surface area contributed by atoms with Crippen molar-refractivity contribution in [3.8, 4) is 0 Å². The van der Waals surface area contributed by atoms with E-state index in [0.29, 0.717) is 42.5 Å². The number of ether oxygens (including phenoxy) is 1. The van der Waals surface area contributed by atoms with E-state index in [-0.39, 0.29) is 23.2 Å². The maximum atomic E-state index is 13.5. The zero-order valence-corrected chi connectivity index (χ0v) is 21.7. The number of carbonyl (C=O) groups excluding carboxylic acids is 1. The van der Waals surface area contributed by atoms with E-state index < -0.39 is 9.84 Å². The molecular formula is C22H26ClN3O4S3. The summed E-state index contributed by atoms with van der Waals surface area (Å²) in [5.74, 6) is -0.114. The Labute approximate surface area is 208 Å². The van der Waals surface area contributed by atoms with E-state index in [9.17, 15) is 13.2 Å². The SMILES string of the molecule is CSc1cccc(C(=O)N(CCN2CCOCC2)c2nc3ccc(S(C)(=O)=O)cc3s2)c1.Cl. The van der Waals surface area contributed by atoms with Crippen LogP contribution in [0.1, 0.15) is 10.4 Å². The van der Waals surface area contributed by atoms with Gasteiger partial charge in [0.2, 0.25) is 0 Å². The van der Waals surface area contributed by atoms with Crippen molar-refractivity contribution in [3.05, 3.63) is 48.0 Å². The van der Waals surface area contributed by atoms with Crippen molar-refractivity contribution in [2.24, 2.45) is 0 Å². The Bertz CT molecular complexity index is 1230. The lowest BCUT2D eigenvalue weighted by Gasteiger charge is -2.29. The van der Waals surface area contributed by atoms with E-state index in [1.165, 1.54) is 17.6 Å². The third-order valence-corrected chi connectivity index (χ3v) is 8.19. The van der Waals surface area contributed by atoms with Crippen molar-refractivity contribution in [2.75, 3.05) is 56.8 Å². The third kappa shape index (κ3) is 6.26. The van der Waals surface area contributed by atoms with Crippen LogP contribution in [-0.4, -0.2) is 76.1 Å². The summed E-state index contributed by atoms with van der Waals surface area (Å²) in [6.45, 7) is 4.25. The number of hydrogen-bond donors (Lipinski definition) is 0. The first-order valence-electron chi connectivity index (χ1n) is 10.2. The largest absolute Gasteiger partial charge is 0.379 e. The summed E-state index contributed by atoms with van der Waals surface area (Å²) >= 11 is 2.93. The Kier molecular flexibility index (Phi) is 8.76. The molecule has 2 heterocycles. The number of halogens is 1. The molecule has 0 aliphatic carbocycles. The van der Waals surface area contributed by atoms with E-state index in [0.717, 1.165) is 22.7 Å². The number of hydrogen-bond acceptors (Lipinski definition) is 8. The van der Waals surface area contributed by atoms with Crippen LogP contribution in [0.5, 0.6) is 0 Å². The second-order valence-electron chi connectivity index (χ2n) is 7.54. The number of nitrogens with zero attached hydrogens (tertiary/aromatic N) is 3. The number of fused-ring (bicyclic) bond motifs is 1. The van der Waals surface area contributed by atoms with Crippen LogP contribution in [0.2, 0.25) is 0 Å². The number of aromatic nitrogens is 1. The smallest absolute Gasteiger partial charge is 0.260 e. The zero-order chi connectivity index (χ0) is 22.7. The van der Waals surface area contributed by atoms with E-state index in [4.69, 9.17) is 4.74 Å². The quantitative estimate of drug-likeness (QED) is 0.432. The van der Waals surface area contributed by atoms with Gasteiger partial charge in [-0.15, -0.1) is 24.2 Å². The number of rotatable bonds is 7. The van der Waals surface area contributed by atoms with Crippen LogP contribution >= 0.6 is 35.5 Å². The molecule has 1 aromatic heterocycles. The van der Waals surface area contributed by atoms with Gasteiger partial charge in [0, 0.05) is 42.9 Å². The lowest BCUT2D eigenvalue weighted by atomic mass is 10.2. The van der Waals surface area contributed by atoms with Crippen LogP contribution in [0.4, 0.5) is 5.13 Å². The summed E-state index contributed by atoms with van der Waals surface area (Å²) in [6, 6.07) is 12.5. The summed E-state index contributed by atoms with van der Waals surface area (Å²) in [7, 11) is -3.32. The average molecular weight is 528 g/mol. The van der Waals surface area contributed by atoms with Crippen LogP contribution in [0.15, 0.2) is 52.3 Å². The molecule has 2 aromatic carbocycles. The molecule has 1 aliphatic rings. The molecule has 1 aliphatic heterocycles. The maximum absolute atomic E-state index is 13.5. The van der Waals surface area contributed by atoms with Crippen LogP contribution < -0.4 is 4.90 Å². The highest BCUT2D eigenvalue weighted by Crippen LogP contribution is 2.32. The van der Waals surface area contributed by atoms with Gasteiger partial charge in [-0.3, -0.25) is 14.6 Å². The molecule has 178 valence electrons. The van der Waals surface area contributed by atoms with E-state index in [2.05, 4.69) is 9.88 Å². The number of amides is 1. The minimum absolute atomic E-state index is 0. The van der Waals surface area contributed by atoms with Crippen molar-refractivity contribution >= 4 is 66.6 Å². The number of anilines is 1. The minimum Gasteiger partial charge on any atom is -0.379 e. The molecule has 1 amide bonds. The molecule has 33 heavy (non-hydrogen) atoms. The topological polar surface area (TPSA) is 79.8 Å². The Morgan fingerprint density at radius 3 is 2.67 bits per heavy atom. The molecule has 1 fully saturated rings. The number of benzene rings is 2. The number of morpholine rings is 1. The van der Waals surface area contributed by atoms with Gasteiger partial charge in [-0.2, -0.15) is 0 Å². The molecule has 0 spiro atoms. The normalized spacial score (nSPS) is 14.7. The maximum Gasteiger partial charge on any atom is 0.260 e. The van der Waals surface area contributed by atoms with Crippen LogP contribution in [0.25, 0.3) is 10.2 Å². The fourth-order valence-electron chi connectivity index (χ4n) is 3.50. The first-order valence-corrected chi connectivity index (χ1v) is 14.1. The lowest BCUT2D eigenvalue weighted by Crippen LogP contribution is -2.43. The van der Waals surface area contributed by atoms with Gasteiger partial charge < -0.3 is 4.74 Å². The van der Waals surface area contributed by atoms with Gasteiger partial charge in [-0.1, -0.05) is 17.4 Å². The molecule has 11 heteroatoms. The van der Waals surface area contributed by atoms with E-state index >= 15 is 0 Å². The highest BCUT2D eigenvalue weighted by atomic mass is 35.5. The molecule has 4 rings (SSSR count). The van der Waals surface area contributed by atoms with Crippen molar-refractivity contribution in [1.29, 1.82) is 0 Å². The van der Waals surface area contributed by atoms with Gasteiger partial charge >= 0.3 is 0 Å². The van der Waals surface area contributed by atoms with Crippen LogP contribution in [-0.2, 0) is 14.6 Å². The molecule has 0 saturated carbocycles. The monoisotopic (exact) mass is 527 g/mol. The molecular weight excluding hydrogens is 502 g/mol. The Morgan fingerprint density at radius 1 is 1.21 bits per heavy atom. The summed E-state index contributed by atoms with van der Waals surface area (Å²) in [6.07, 6.45) is 3.17. The van der Waals surface area contributed by atoms with E-state index in [1.54, 1.807) is 34.9 Å². The molecule has 3 aromatic rings. The first kappa shape index (κ1) is 25.9. The van der Waals surface area contributed by atoms with Crippen molar-refractivity contribution in [2.45, 2.75) is 9.79 Å². The number of carbonyl (C=O) groups is 1. The fraction of sp³-hybridized carbons (Fsp3) is 0.364. The van der Waals surface area contributed by atoms with Crippen LogP contribution in [0, 0.1) is 0 Å². The van der Waals surface area contributed by atoms with Crippen molar-refractivity contribution < 1.29 is 17.9 Å². The standard InChI is InChI=1S/C22H25N3O4S3.ClH/c1-30-17-5-3-4-16(14-17)21(26)25(9-8-24-10-12-29-13-11-24)22-23-19-7-6-18(32(2,27)28)15-20(19)31-22;/h3-7,14-15H,8-13H2,1-2H3;1H. The highest BCUT2D eigenvalue weighted by Gasteiger charge is 2.23. The average Bonchev–Trinajstić information content (AvgIpc) is 3.22. The summed E-state index contributed by atoms with van der Waals surface area (Å²) in [4.78, 5) is 23.5. The Balaban J connectivity index is 0.00000306. The van der Waals surface area contributed by atoms with Gasteiger partial charge in [0.15, 0.2) is 15.0 Å². The molecule has 7 nitrogen and oxygen atoms in total. The van der Waals surface area contributed by atoms with Crippen molar-refractivity contribution in [3.63, 3.8) is 0 Å². The molecule has 0 unspecified atom stereocenters. The van der Waals surface area contributed by atoms with E-state index in [1.807, 2.05) is 30.5 Å². The molecule has 0 radical (unpaired) electrons. The molecule has 0 N–H and O–H groups in total. The zero-order valence-electron chi connectivity index (χ0n) is 18.4. The van der Waals surface area contributed by atoms with Gasteiger partial charge in [-0.05, 0) is 42.7 Å². The van der Waals surface area contributed by atoms with Crippen LogP contribution in [0.3, 0.4) is 0 Å². The summed E-state index contributed by atoms with van der Waals surface area (Å²) < 4.78 is 30.1. The third-order valence-electron chi connectivity index (χ3n) is 5.31.